The van der Waals surface area contributed by atoms with E-state index in [1.165, 1.54) is 23.4 Å². The fraction of sp³-hybridized carbons (Fsp3) is 0.261. The van der Waals surface area contributed by atoms with Gasteiger partial charge in [-0.05, 0) is 49.2 Å². The Bertz CT molecular complexity index is 1260. The first-order valence-electron chi connectivity index (χ1n) is 10.4. The molecule has 1 atom stereocenters. The minimum Gasteiger partial charge on any atom is -0.326 e. The lowest BCUT2D eigenvalue weighted by Crippen LogP contribution is -2.43. The van der Waals surface area contributed by atoms with E-state index >= 15 is 0 Å². The topological polar surface area (TPSA) is 108 Å². The van der Waals surface area contributed by atoms with E-state index in [4.69, 9.17) is 0 Å². The Morgan fingerprint density at radius 3 is 2.53 bits per heavy atom. The lowest BCUT2D eigenvalue weighted by molar-refractivity contribution is -0.121. The van der Waals surface area contributed by atoms with Crippen LogP contribution in [0.3, 0.4) is 0 Å². The summed E-state index contributed by atoms with van der Waals surface area (Å²) in [5.74, 6) is -0.904. The summed E-state index contributed by atoms with van der Waals surface area (Å²) in [6.07, 6.45) is 2.81. The number of fused-ring (bicyclic) bond motifs is 1. The van der Waals surface area contributed by atoms with Crippen LogP contribution in [-0.4, -0.2) is 42.6 Å². The summed E-state index contributed by atoms with van der Waals surface area (Å²) in [5.41, 5.74) is 1.95. The molecule has 1 aliphatic rings. The van der Waals surface area contributed by atoms with Crippen LogP contribution < -0.4 is 10.6 Å². The lowest BCUT2D eigenvalue weighted by Gasteiger charge is -2.31. The molecular formula is C23H24N4O4S. The van der Waals surface area contributed by atoms with E-state index < -0.39 is 15.9 Å². The zero-order valence-electron chi connectivity index (χ0n) is 17.6. The number of anilines is 2. The second kappa shape index (κ2) is 9.05. The molecule has 2 heterocycles. The van der Waals surface area contributed by atoms with Gasteiger partial charge in [-0.1, -0.05) is 18.2 Å². The van der Waals surface area contributed by atoms with Gasteiger partial charge in [-0.3, -0.25) is 14.6 Å². The van der Waals surface area contributed by atoms with Crippen molar-refractivity contribution >= 4 is 44.1 Å². The molecular weight excluding hydrogens is 428 g/mol. The summed E-state index contributed by atoms with van der Waals surface area (Å²) >= 11 is 0. The molecule has 0 aliphatic carbocycles. The third kappa shape index (κ3) is 4.79. The molecule has 2 amide bonds. The molecule has 1 aliphatic heterocycles. The summed E-state index contributed by atoms with van der Waals surface area (Å²) in [7, 11) is -3.75. The smallest absolute Gasteiger partial charge is 0.243 e. The van der Waals surface area contributed by atoms with Gasteiger partial charge in [0.1, 0.15) is 0 Å². The highest BCUT2D eigenvalue weighted by Crippen LogP contribution is 2.26. The quantitative estimate of drug-likeness (QED) is 0.618. The Kier molecular flexibility index (Phi) is 6.20. The Hall–Kier alpha value is -3.30. The maximum atomic E-state index is 13.1. The molecule has 166 valence electrons. The predicted octanol–water partition coefficient (Wildman–Crippen LogP) is 3.23. The molecule has 32 heavy (non-hydrogen) atoms. The zero-order valence-corrected chi connectivity index (χ0v) is 18.4. The van der Waals surface area contributed by atoms with Crippen LogP contribution >= 0.6 is 0 Å². The first kappa shape index (κ1) is 21.9. The number of nitrogens with zero attached hydrogens (tertiary/aromatic N) is 2. The summed E-state index contributed by atoms with van der Waals surface area (Å²) < 4.78 is 27.5. The van der Waals surface area contributed by atoms with Crippen molar-refractivity contribution in [2.45, 2.75) is 24.7 Å². The highest BCUT2D eigenvalue weighted by Gasteiger charge is 2.33. The number of para-hydroxylation sites is 1. The molecule has 1 saturated heterocycles. The number of sulfonamides is 1. The number of carbonyl (C=O) groups is 2. The van der Waals surface area contributed by atoms with Crippen LogP contribution in [0.4, 0.5) is 11.4 Å². The number of amides is 2. The van der Waals surface area contributed by atoms with Crippen LogP contribution in [0, 0.1) is 5.92 Å². The van der Waals surface area contributed by atoms with Crippen LogP contribution in [0.1, 0.15) is 19.8 Å². The number of rotatable bonds is 5. The highest BCUT2D eigenvalue weighted by molar-refractivity contribution is 7.89. The molecule has 1 fully saturated rings. The lowest BCUT2D eigenvalue weighted by atomic mass is 9.99. The number of aromatic nitrogens is 1. The Morgan fingerprint density at radius 1 is 1.03 bits per heavy atom. The Labute approximate surface area is 186 Å². The fourth-order valence-corrected chi connectivity index (χ4v) is 5.34. The van der Waals surface area contributed by atoms with E-state index in [-0.39, 0.29) is 23.3 Å². The van der Waals surface area contributed by atoms with Crippen molar-refractivity contribution < 1.29 is 18.0 Å². The summed E-state index contributed by atoms with van der Waals surface area (Å²) in [6.45, 7) is 1.86. The normalized spacial score (nSPS) is 17.1. The van der Waals surface area contributed by atoms with Crippen molar-refractivity contribution in [3.05, 3.63) is 60.8 Å². The molecule has 0 spiro atoms. The molecule has 4 rings (SSSR count). The van der Waals surface area contributed by atoms with Gasteiger partial charge in [0.05, 0.1) is 28.2 Å². The number of benzene rings is 2. The monoisotopic (exact) mass is 452 g/mol. The SMILES string of the molecule is CC(=O)Nc1ccc(S(=O)(=O)N2CCC[C@@H](C(=O)Nc3cnc4ccccc4c3)C2)cc1. The number of piperidine rings is 1. The number of carbonyl (C=O) groups excluding carboxylic acids is 2. The number of hydrogen-bond donors (Lipinski definition) is 2. The third-order valence-electron chi connectivity index (χ3n) is 5.43. The standard InChI is InChI=1S/C23H24N4O4S/c1-16(28)25-19-8-10-21(11-9-19)32(30,31)27-12-4-6-18(15-27)23(29)26-20-13-17-5-2-3-7-22(17)24-14-20/h2-3,5,7-11,13-14,18H,4,6,12,15H2,1H3,(H,25,28)(H,26,29)/t18-/m1/s1. The van der Waals surface area contributed by atoms with Crippen LogP contribution in [0.25, 0.3) is 10.9 Å². The molecule has 0 unspecified atom stereocenters. The van der Waals surface area contributed by atoms with E-state index in [9.17, 15) is 18.0 Å². The molecule has 8 nitrogen and oxygen atoms in total. The maximum absolute atomic E-state index is 13.1. The first-order valence-corrected chi connectivity index (χ1v) is 11.8. The van der Waals surface area contributed by atoms with Crippen molar-refractivity contribution in [2.24, 2.45) is 5.92 Å². The van der Waals surface area contributed by atoms with Crippen LogP contribution in [-0.2, 0) is 19.6 Å². The van der Waals surface area contributed by atoms with Gasteiger partial charge >= 0.3 is 0 Å². The molecule has 2 aromatic carbocycles. The van der Waals surface area contributed by atoms with Gasteiger partial charge in [-0.15, -0.1) is 0 Å². The van der Waals surface area contributed by atoms with Gasteiger partial charge in [-0.25, -0.2) is 8.42 Å². The summed E-state index contributed by atoms with van der Waals surface area (Å²) in [4.78, 5) is 28.5. The van der Waals surface area contributed by atoms with Gasteiger partial charge < -0.3 is 10.6 Å². The van der Waals surface area contributed by atoms with Crippen LogP contribution in [0.2, 0.25) is 0 Å². The van der Waals surface area contributed by atoms with Crippen molar-refractivity contribution in [1.29, 1.82) is 0 Å². The summed E-state index contributed by atoms with van der Waals surface area (Å²) in [6, 6.07) is 15.5. The van der Waals surface area contributed by atoms with Crippen LogP contribution in [0.15, 0.2) is 65.7 Å². The van der Waals surface area contributed by atoms with Gasteiger partial charge in [0.25, 0.3) is 0 Å². The maximum Gasteiger partial charge on any atom is 0.243 e. The van der Waals surface area contributed by atoms with E-state index in [1.807, 2.05) is 30.3 Å². The Balaban J connectivity index is 1.45. The number of pyridine rings is 1. The molecule has 0 saturated carbocycles. The van der Waals surface area contributed by atoms with Crippen molar-refractivity contribution in [3.8, 4) is 0 Å². The van der Waals surface area contributed by atoms with E-state index in [2.05, 4.69) is 15.6 Å². The number of hydrogen-bond acceptors (Lipinski definition) is 5. The fourth-order valence-electron chi connectivity index (χ4n) is 3.82. The third-order valence-corrected chi connectivity index (χ3v) is 7.30. The van der Waals surface area contributed by atoms with Gasteiger partial charge in [0, 0.05) is 31.1 Å². The summed E-state index contributed by atoms with van der Waals surface area (Å²) in [5, 5.41) is 6.41. The van der Waals surface area contributed by atoms with Gasteiger partial charge in [0.2, 0.25) is 21.8 Å². The predicted molar refractivity (Wildman–Crippen MR) is 123 cm³/mol. The minimum absolute atomic E-state index is 0.114. The highest BCUT2D eigenvalue weighted by atomic mass is 32.2. The molecule has 2 N–H and O–H groups in total. The molecule has 3 aromatic rings. The van der Waals surface area contributed by atoms with Gasteiger partial charge in [-0.2, -0.15) is 4.31 Å². The minimum atomic E-state index is -3.75. The van der Waals surface area contributed by atoms with E-state index in [0.29, 0.717) is 30.8 Å². The van der Waals surface area contributed by atoms with E-state index in [0.717, 1.165) is 10.9 Å². The molecule has 9 heteroatoms. The molecule has 0 radical (unpaired) electrons. The second-order valence-electron chi connectivity index (χ2n) is 7.81. The van der Waals surface area contributed by atoms with Crippen molar-refractivity contribution in [3.63, 3.8) is 0 Å². The Morgan fingerprint density at radius 2 is 1.78 bits per heavy atom. The average molecular weight is 453 g/mol. The largest absolute Gasteiger partial charge is 0.326 e. The molecule has 1 aromatic heterocycles. The zero-order chi connectivity index (χ0) is 22.7. The van der Waals surface area contributed by atoms with Crippen LogP contribution in [0.5, 0.6) is 0 Å². The van der Waals surface area contributed by atoms with Gasteiger partial charge in [0.15, 0.2) is 0 Å². The second-order valence-corrected chi connectivity index (χ2v) is 9.75. The average Bonchev–Trinajstić information content (AvgIpc) is 2.79. The van der Waals surface area contributed by atoms with Crippen molar-refractivity contribution in [2.75, 3.05) is 23.7 Å². The molecule has 0 bridgehead atoms. The van der Waals surface area contributed by atoms with E-state index in [1.54, 1.807) is 18.3 Å². The van der Waals surface area contributed by atoms with Crippen molar-refractivity contribution in [1.82, 2.24) is 9.29 Å². The number of nitrogens with one attached hydrogen (secondary N) is 2. The first-order chi connectivity index (χ1) is 15.3.